The quantitative estimate of drug-likeness (QED) is 0.459. The number of halogens is 2. The summed E-state index contributed by atoms with van der Waals surface area (Å²) in [5.41, 5.74) is 2.13. The molecule has 0 radical (unpaired) electrons. The van der Waals surface area contributed by atoms with Crippen molar-refractivity contribution < 1.29 is 32.3 Å². The lowest BCUT2D eigenvalue weighted by atomic mass is 10.2. The fraction of sp³-hybridized carbons (Fsp3) is 0.333. The smallest absolute Gasteiger partial charge is 0.586 e. The van der Waals surface area contributed by atoms with Crippen LogP contribution in [-0.2, 0) is 21.7 Å². The van der Waals surface area contributed by atoms with Gasteiger partial charge in [-0.3, -0.25) is 9.97 Å². The molecule has 8 nitrogen and oxygen atoms in total. The maximum atomic E-state index is 13.2. The molecule has 0 fully saturated rings. The predicted molar refractivity (Wildman–Crippen MR) is 98.8 cm³/mol. The molecule has 1 aliphatic rings. The van der Waals surface area contributed by atoms with E-state index in [0.29, 0.717) is 35.7 Å². The van der Waals surface area contributed by atoms with E-state index in [1.807, 2.05) is 6.92 Å². The summed E-state index contributed by atoms with van der Waals surface area (Å²) in [4.78, 5) is 11.4. The number of aromatic nitrogens is 3. The molecule has 0 bridgehead atoms. The molecule has 1 aliphatic heterocycles. The van der Waals surface area contributed by atoms with Crippen LogP contribution >= 0.6 is 0 Å². The third kappa shape index (κ3) is 4.07. The van der Waals surface area contributed by atoms with Crippen molar-refractivity contribution in [3.8, 4) is 17.2 Å². The summed E-state index contributed by atoms with van der Waals surface area (Å²) in [6, 6.07) is 4.39. The maximum Gasteiger partial charge on any atom is 0.586 e. The van der Waals surface area contributed by atoms with Gasteiger partial charge in [0, 0.05) is 42.2 Å². The number of aromatic amines is 1. The molecule has 0 saturated carbocycles. The van der Waals surface area contributed by atoms with E-state index in [9.17, 15) is 13.3 Å². The number of hydrogen-bond acceptors (Lipinski definition) is 7. The molecule has 154 valence electrons. The van der Waals surface area contributed by atoms with Gasteiger partial charge < -0.3 is 23.5 Å². The van der Waals surface area contributed by atoms with Gasteiger partial charge in [0.2, 0.25) is 0 Å². The number of hydrogen-bond donors (Lipinski definition) is 1. The Balaban J connectivity index is 1.53. The largest absolute Gasteiger partial charge is 0.609 e. The van der Waals surface area contributed by atoms with Gasteiger partial charge in [0.25, 0.3) is 0 Å². The number of nitrogens with zero attached hydrogens (tertiary/aromatic N) is 2. The van der Waals surface area contributed by atoms with Gasteiger partial charge >= 0.3 is 11.5 Å². The second kappa shape index (κ2) is 7.65. The third-order valence-electron chi connectivity index (χ3n) is 4.27. The first-order valence-electron chi connectivity index (χ1n) is 8.60. The minimum absolute atomic E-state index is 0.109. The van der Waals surface area contributed by atoms with Gasteiger partial charge in [0.05, 0.1) is 23.3 Å². The highest BCUT2D eigenvalue weighted by Gasteiger charge is 2.43. The highest BCUT2D eigenvalue weighted by molar-refractivity contribution is 7.90. The van der Waals surface area contributed by atoms with Crippen LogP contribution in [0.4, 0.5) is 8.78 Å². The fourth-order valence-corrected chi connectivity index (χ4v) is 3.93. The van der Waals surface area contributed by atoms with Crippen LogP contribution in [0.1, 0.15) is 11.3 Å². The molecule has 0 saturated heterocycles. The van der Waals surface area contributed by atoms with Gasteiger partial charge in [-0.25, -0.2) is 0 Å². The molecule has 29 heavy (non-hydrogen) atoms. The lowest BCUT2D eigenvalue weighted by molar-refractivity contribution is -0.286. The van der Waals surface area contributed by atoms with Crippen LogP contribution in [-0.4, -0.2) is 46.1 Å². The van der Waals surface area contributed by atoms with E-state index in [2.05, 4.69) is 24.4 Å². The Labute approximate surface area is 167 Å². The van der Waals surface area contributed by atoms with E-state index < -0.39 is 17.5 Å². The van der Waals surface area contributed by atoms with Crippen molar-refractivity contribution in [1.82, 2.24) is 15.0 Å². The molecule has 11 heteroatoms. The summed E-state index contributed by atoms with van der Waals surface area (Å²) in [6.45, 7) is 2.67. The molecule has 0 spiro atoms. The first-order valence-corrected chi connectivity index (χ1v) is 9.92. The fourth-order valence-electron chi connectivity index (χ4n) is 2.83. The van der Waals surface area contributed by atoms with Crippen molar-refractivity contribution >= 4 is 22.2 Å². The molecule has 1 atom stereocenters. The van der Waals surface area contributed by atoms with Crippen molar-refractivity contribution in [3.05, 3.63) is 35.7 Å². The Morgan fingerprint density at radius 3 is 2.76 bits per heavy atom. The predicted octanol–water partition coefficient (Wildman–Crippen LogP) is 2.92. The normalized spacial score (nSPS) is 15.6. The first kappa shape index (κ1) is 19.7. The van der Waals surface area contributed by atoms with Crippen molar-refractivity contribution in [2.75, 3.05) is 20.3 Å². The van der Waals surface area contributed by atoms with Crippen molar-refractivity contribution in [2.24, 2.45) is 0 Å². The molecular formula is C18H17F2N3O5S. The number of methoxy groups -OCH3 is 1. The van der Waals surface area contributed by atoms with Crippen LogP contribution in [0.3, 0.4) is 0 Å². The zero-order valence-corrected chi connectivity index (χ0v) is 16.3. The van der Waals surface area contributed by atoms with Crippen LogP contribution in [0.5, 0.6) is 17.2 Å². The van der Waals surface area contributed by atoms with Gasteiger partial charge in [0.1, 0.15) is 12.4 Å². The van der Waals surface area contributed by atoms with Crippen LogP contribution in [0.15, 0.2) is 29.6 Å². The van der Waals surface area contributed by atoms with Gasteiger partial charge in [-0.1, -0.05) is 0 Å². The Kier molecular flexibility index (Phi) is 5.19. The van der Waals surface area contributed by atoms with Gasteiger partial charge in [-0.05, 0) is 13.0 Å². The number of ether oxygens (including phenoxy) is 4. The number of benzene rings is 1. The second-order valence-electron chi connectivity index (χ2n) is 6.24. The zero-order valence-electron chi connectivity index (χ0n) is 15.5. The molecule has 1 aromatic carbocycles. The van der Waals surface area contributed by atoms with Crippen molar-refractivity contribution in [2.45, 2.75) is 24.1 Å². The van der Waals surface area contributed by atoms with E-state index >= 15 is 0 Å². The number of nitrogens with one attached hydrogen (secondary N) is 1. The standard InChI is InChI=1S/C18H17F2N3O5S/c1-10-13(21-4-3-14(10)26-6-5-25-2)9-29(24)17-22-11-7-15-16(8-12(11)23-17)28-18(19,20)27-15/h3-4,7-8H,5-6,9H2,1-2H3,(H,22,23). The van der Waals surface area contributed by atoms with Gasteiger partial charge in [0.15, 0.2) is 17.3 Å². The van der Waals surface area contributed by atoms with Crippen LogP contribution < -0.4 is 14.2 Å². The summed E-state index contributed by atoms with van der Waals surface area (Å²) in [5.74, 6) is 0.518. The molecular weight excluding hydrogens is 408 g/mol. The van der Waals surface area contributed by atoms with Crippen LogP contribution in [0, 0.1) is 6.92 Å². The van der Waals surface area contributed by atoms with Crippen molar-refractivity contribution in [3.63, 3.8) is 0 Å². The summed E-state index contributed by atoms with van der Waals surface area (Å²) in [7, 11) is 1.59. The molecule has 3 heterocycles. The van der Waals surface area contributed by atoms with Gasteiger partial charge in [-0.2, -0.15) is 4.98 Å². The van der Waals surface area contributed by atoms with E-state index in [1.165, 1.54) is 12.1 Å². The highest BCUT2D eigenvalue weighted by atomic mass is 32.2. The lowest BCUT2D eigenvalue weighted by Gasteiger charge is -2.12. The number of pyridine rings is 1. The summed E-state index contributed by atoms with van der Waals surface area (Å²) < 4.78 is 58.6. The van der Waals surface area contributed by atoms with Crippen molar-refractivity contribution in [1.29, 1.82) is 0 Å². The summed E-state index contributed by atoms with van der Waals surface area (Å²) in [6.07, 6.45) is -2.12. The number of alkyl halides is 2. The Morgan fingerprint density at radius 1 is 1.24 bits per heavy atom. The minimum atomic E-state index is -3.70. The zero-order chi connectivity index (χ0) is 20.6. The summed E-state index contributed by atoms with van der Waals surface area (Å²) >= 11 is -1.54. The SMILES string of the molecule is COCCOc1ccnc(C[S+]([O-])c2nc3cc4c(cc3[nH]2)OC(F)(F)O4)c1C. The highest BCUT2D eigenvalue weighted by Crippen LogP contribution is 2.43. The van der Waals surface area contributed by atoms with Crippen LogP contribution in [0.25, 0.3) is 11.0 Å². The maximum absolute atomic E-state index is 13.2. The average molecular weight is 425 g/mol. The third-order valence-corrected chi connectivity index (χ3v) is 5.43. The number of fused-ring (bicyclic) bond motifs is 2. The topological polar surface area (TPSA) is 102 Å². The van der Waals surface area contributed by atoms with E-state index in [1.54, 1.807) is 19.4 Å². The lowest BCUT2D eigenvalue weighted by Crippen LogP contribution is -2.25. The average Bonchev–Trinajstić information content (AvgIpc) is 3.20. The summed E-state index contributed by atoms with van der Waals surface area (Å²) in [5, 5.41) is 0.197. The van der Waals surface area contributed by atoms with E-state index in [4.69, 9.17) is 9.47 Å². The van der Waals surface area contributed by atoms with E-state index in [0.717, 1.165) is 5.56 Å². The molecule has 1 N–H and O–H groups in total. The monoisotopic (exact) mass is 425 g/mol. The Morgan fingerprint density at radius 2 is 2.00 bits per heavy atom. The first-order chi connectivity index (χ1) is 13.9. The molecule has 1 unspecified atom stereocenters. The molecule has 4 rings (SSSR count). The Bertz CT molecular complexity index is 1000. The number of imidazole rings is 1. The van der Waals surface area contributed by atoms with E-state index in [-0.39, 0.29) is 22.4 Å². The van der Waals surface area contributed by atoms with Gasteiger partial charge in [-0.15, -0.1) is 8.78 Å². The number of H-pyrrole nitrogens is 1. The molecule has 0 amide bonds. The number of rotatable bonds is 7. The molecule has 2 aromatic heterocycles. The molecule has 3 aromatic rings. The molecule has 0 aliphatic carbocycles. The minimum Gasteiger partial charge on any atom is -0.609 e. The Hall–Kier alpha value is -2.63. The van der Waals surface area contributed by atoms with Crippen LogP contribution in [0.2, 0.25) is 0 Å². The second-order valence-corrected chi connectivity index (χ2v) is 7.60.